The summed E-state index contributed by atoms with van der Waals surface area (Å²) in [6.45, 7) is 2.27. The Kier molecular flexibility index (Phi) is 3.77. The maximum Gasteiger partial charge on any atom is 0.226 e. The first-order chi connectivity index (χ1) is 8.81. The van der Waals surface area contributed by atoms with Crippen LogP contribution in [0.15, 0.2) is 20.4 Å². The van der Waals surface area contributed by atoms with Gasteiger partial charge in [0.15, 0.2) is 0 Å². The first-order valence-corrected chi connectivity index (χ1v) is 7.76. The van der Waals surface area contributed by atoms with Crippen LogP contribution in [0.2, 0.25) is 0 Å². The van der Waals surface area contributed by atoms with Crippen LogP contribution in [0.25, 0.3) is 10.7 Å². The first-order valence-electron chi connectivity index (χ1n) is 6.09. The molecule has 2 aromatic rings. The Morgan fingerprint density at radius 2 is 2.50 bits per heavy atom. The molecule has 0 radical (unpaired) electrons. The van der Waals surface area contributed by atoms with Gasteiger partial charge in [0.25, 0.3) is 0 Å². The van der Waals surface area contributed by atoms with E-state index in [-0.39, 0.29) is 0 Å². The van der Waals surface area contributed by atoms with Gasteiger partial charge in [0.2, 0.25) is 11.7 Å². The Balaban J connectivity index is 1.62. The average Bonchev–Trinajstić information content (AvgIpc) is 3.07. The van der Waals surface area contributed by atoms with Crippen molar-refractivity contribution in [2.75, 3.05) is 13.1 Å². The van der Waals surface area contributed by atoms with E-state index in [9.17, 15) is 0 Å². The summed E-state index contributed by atoms with van der Waals surface area (Å²) >= 11 is 5.05. The highest BCUT2D eigenvalue weighted by molar-refractivity contribution is 9.10. The largest absolute Gasteiger partial charge is 0.339 e. The molecule has 1 aliphatic rings. The minimum absolute atomic E-state index is 0.699. The van der Waals surface area contributed by atoms with Gasteiger partial charge in [-0.2, -0.15) is 4.98 Å². The van der Waals surface area contributed by atoms with Crippen LogP contribution in [-0.2, 0) is 6.42 Å². The second kappa shape index (κ2) is 5.50. The van der Waals surface area contributed by atoms with Crippen molar-refractivity contribution < 1.29 is 4.52 Å². The highest BCUT2D eigenvalue weighted by Crippen LogP contribution is 2.28. The van der Waals surface area contributed by atoms with E-state index in [1.54, 1.807) is 11.3 Å². The van der Waals surface area contributed by atoms with Gasteiger partial charge < -0.3 is 9.84 Å². The number of nitrogens with one attached hydrogen (secondary N) is 1. The van der Waals surface area contributed by atoms with Crippen LogP contribution in [0, 0.1) is 5.92 Å². The molecule has 1 unspecified atom stereocenters. The molecule has 0 amide bonds. The Morgan fingerprint density at radius 1 is 1.56 bits per heavy atom. The molecule has 18 heavy (non-hydrogen) atoms. The average molecular weight is 328 g/mol. The van der Waals surface area contributed by atoms with E-state index in [2.05, 4.69) is 31.4 Å². The molecule has 1 N–H and O–H groups in total. The predicted octanol–water partition coefficient (Wildman–Crippen LogP) is 3.10. The van der Waals surface area contributed by atoms with Gasteiger partial charge >= 0.3 is 0 Å². The third kappa shape index (κ3) is 2.81. The van der Waals surface area contributed by atoms with Gasteiger partial charge in [-0.25, -0.2) is 0 Å². The van der Waals surface area contributed by atoms with E-state index >= 15 is 0 Å². The number of thiophene rings is 1. The standard InChI is InChI=1S/C12H14BrN3OS/c13-9-5-10(18-7-9)12-15-11(17-16-12)2-1-8-3-4-14-6-8/h5,7-8,14H,1-4,6H2. The number of nitrogens with zero attached hydrogens (tertiary/aromatic N) is 2. The van der Waals surface area contributed by atoms with Crippen LogP contribution in [0.4, 0.5) is 0 Å². The lowest BCUT2D eigenvalue weighted by Gasteiger charge is -2.03. The summed E-state index contributed by atoms with van der Waals surface area (Å²) in [6, 6.07) is 2.01. The lowest BCUT2D eigenvalue weighted by Crippen LogP contribution is -2.09. The van der Waals surface area contributed by atoms with Gasteiger partial charge in [-0.1, -0.05) is 5.16 Å². The maximum absolute atomic E-state index is 5.30. The lowest BCUT2D eigenvalue weighted by molar-refractivity contribution is 0.365. The molecule has 1 aliphatic heterocycles. The molecule has 6 heteroatoms. The monoisotopic (exact) mass is 327 g/mol. The molecule has 96 valence electrons. The maximum atomic E-state index is 5.30. The van der Waals surface area contributed by atoms with Crippen molar-refractivity contribution >= 4 is 27.3 Å². The zero-order valence-corrected chi connectivity index (χ0v) is 12.3. The van der Waals surface area contributed by atoms with Gasteiger partial charge in [0, 0.05) is 16.3 Å². The van der Waals surface area contributed by atoms with E-state index in [0.717, 1.165) is 47.1 Å². The zero-order valence-electron chi connectivity index (χ0n) is 9.86. The summed E-state index contributed by atoms with van der Waals surface area (Å²) in [5.41, 5.74) is 0. The summed E-state index contributed by atoms with van der Waals surface area (Å²) in [7, 11) is 0. The Bertz CT molecular complexity index is 519. The van der Waals surface area contributed by atoms with Crippen molar-refractivity contribution in [2.45, 2.75) is 19.3 Å². The van der Waals surface area contributed by atoms with Gasteiger partial charge in [-0.3, -0.25) is 0 Å². The second-order valence-corrected chi connectivity index (χ2v) is 6.37. The van der Waals surface area contributed by atoms with Gasteiger partial charge in [-0.15, -0.1) is 11.3 Å². The lowest BCUT2D eigenvalue weighted by atomic mass is 10.0. The van der Waals surface area contributed by atoms with Gasteiger partial charge in [0.1, 0.15) is 0 Å². The minimum atomic E-state index is 0.699. The number of halogens is 1. The van der Waals surface area contributed by atoms with E-state index < -0.39 is 0 Å². The molecular weight excluding hydrogens is 314 g/mol. The fourth-order valence-electron chi connectivity index (χ4n) is 2.18. The predicted molar refractivity (Wildman–Crippen MR) is 74.6 cm³/mol. The van der Waals surface area contributed by atoms with Gasteiger partial charge in [0.05, 0.1) is 4.88 Å². The van der Waals surface area contributed by atoms with Crippen LogP contribution < -0.4 is 5.32 Å². The number of aromatic nitrogens is 2. The molecule has 1 fully saturated rings. The first kappa shape index (κ1) is 12.3. The quantitative estimate of drug-likeness (QED) is 0.937. The van der Waals surface area contributed by atoms with Crippen molar-refractivity contribution in [1.82, 2.24) is 15.5 Å². The van der Waals surface area contributed by atoms with Crippen molar-refractivity contribution in [3.8, 4) is 10.7 Å². The van der Waals surface area contributed by atoms with E-state index in [4.69, 9.17) is 4.52 Å². The molecular formula is C12H14BrN3OS. The molecule has 3 heterocycles. The van der Waals surface area contributed by atoms with Crippen LogP contribution >= 0.6 is 27.3 Å². The SMILES string of the molecule is Brc1csc(-c2noc(CCC3CCNC3)n2)c1. The molecule has 3 rings (SSSR count). The molecule has 0 spiro atoms. The Labute approximate surface area is 118 Å². The molecule has 0 aliphatic carbocycles. The molecule has 0 saturated carbocycles. The van der Waals surface area contributed by atoms with E-state index in [1.165, 1.54) is 6.42 Å². The van der Waals surface area contributed by atoms with Crippen LogP contribution in [0.3, 0.4) is 0 Å². The van der Waals surface area contributed by atoms with Crippen molar-refractivity contribution in [1.29, 1.82) is 0 Å². The van der Waals surface area contributed by atoms with Crippen LogP contribution in [-0.4, -0.2) is 23.2 Å². The molecule has 1 saturated heterocycles. The van der Waals surface area contributed by atoms with Crippen molar-refractivity contribution in [3.05, 3.63) is 21.8 Å². The Hall–Kier alpha value is -0.720. The fourth-order valence-corrected chi connectivity index (χ4v) is 3.53. The third-order valence-corrected chi connectivity index (χ3v) is 4.87. The highest BCUT2D eigenvalue weighted by Gasteiger charge is 2.16. The summed E-state index contributed by atoms with van der Waals surface area (Å²) in [6.07, 6.45) is 3.27. The normalized spacial score (nSPS) is 19.5. The van der Waals surface area contributed by atoms with Gasteiger partial charge in [-0.05, 0) is 53.8 Å². The fraction of sp³-hybridized carbons (Fsp3) is 0.500. The smallest absolute Gasteiger partial charge is 0.226 e. The van der Waals surface area contributed by atoms with Crippen LogP contribution in [0.5, 0.6) is 0 Å². The summed E-state index contributed by atoms with van der Waals surface area (Å²) in [5.74, 6) is 2.21. The van der Waals surface area contributed by atoms with E-state index in [0.29, 0.717) is 5.82 Å². The number of rotatable bonds is 4. The van der Waals surface area contributed by atoms with E-state index in [1.807, 2.05) is 11.4 Å². The highest BCUT2D eigenvalue weighted by atomic mass is 79.9. The molecule has 0 aromatic carbocycles. The third-order valence-electron chi connectivity index (χ3n) is 3.18. The number of hydrogen-bond donors (Lipinski definition) is 1. The molecule has 0 bridgehead atoms. The summed E-state index contributed by atoms with van der Waals surface area (Å²) < 4.78 is 6.36. The topological polar surface area (TPSA) is 51.0 Å². The molecule has 1 atom stereocenters. The summed E-state index contributed by atoms with van der Waals surface area (Å²) in [5, 5.41) is 9.43. The summed E-state index contributed by atoms with van der Waals surface area (Å²) in [4.78, 5) is 5.49. The van der Waals surface area contributed by atoms with Crippen molar-refractivity contribution in [3.63, 3.8) is 0 Å². The number of aryl methyl sites for hydroxylation is 1. The van der Waals surface area contributed by atoms with Crippen LogP contribution in [0.1, 0.15) is 18.7 Å². The zero-order chi connectivity index (χ0) is 12.4. The Morgan fingerprint density at radius 3 is 3.22 bits per heavy atom. The minimum Gasteiger partial charge on any atom is -0.339 e. The number of hydrogen-bond acceptors (Lipinski definition) is 5. The van der Waals surface area contributed by atoms with Crippen molar-refractivity contribution in [2.24, 2.45) is 5.92 Å². The molecule has 2 aromatic heterocycles. The second-order valence-electron chi connectivity index (χ2n) is 4.54. The molecule has 4 nitrogen and oxygen atoms in total.